The lowest BCUT2D eigenvalue weighted by Gasteiger charge is -2.36. The third kappa shape index (κ3) is 5.71. The van der Waals surface area contributed by atoms with Crippen LogP contribution in [0.1, 0.15) is 28.7 Å². The first-order chi connectivity index (χ1) is 16.0. The van der Waals surface area contributed by atoms with Crippen LogP contribution in [0.15, 0.2) is 72.8 Å². The number of nitrogens with zero attached hydrogens (tertiary/aromatic N) is 2. The first-order valence-electron chi connectivity index (χ1n) is 11.3. The number of nitrogens with one attached hydrogen (secondary N) is 2. The zero-order chi connectivity index (χ0) is 23.2. The van der Waals surface area contributed by atoms with Crippen molar-refractivity contribution in [2.24, 2.45) is 0 Å². The Morgan fingerprint density at radius 3 is 2.36 bits per heavy atom. The number of rotatable bonds is 6. The lowest BCUT2D eigenvalue weighted by atomic mass is 10.1. The minimum atomic E-state index is -0.299. The number of benzene rings is 3. The number of hydrogen-bond donors (Lipinski definition) is 2. The summed E-state index contributed by atoms with van der Waals surface area (Å²) in [6.45, 7) is 6.36. The highest BCUT2D eigenvalue weighted by atomic mass is 16.2. The lowest BCUT2D eigenvalue weighted by Crippen LogP contribution is -2.49. The largest absolute Gasteiger partial charge is 0.334 e. The van der Waals surface area contributed by atoms with E-state index in [0.29, 0.717) is 31.0 Å². The second-order valence-corrected chi connectivity index (χ2v) is 8.51. The van der Waals surface area contributed by atoms with E-state index in [2.05, 4.69) is 41.8 Å². The van der Waals surface area contributed by atoms with E-state index in [0.717, 1.165) is 29.7 Å². The van der Waals surface area contributed by atoms with Gasteiger partial charge in [0.2, 0.25) is 0 Å². The number of carbonyl (C=O) groups excluding carboxylic acids is 2. The molecule has 0 atom stereocenters. The van der Waals surface area contributed by atoms with Gasteiger partial charge in [-0.1, -0.05) is 66.2 Å². The Hall–Kier alpha value is -3.80. The fraction of sp³-hybridized carbons (Fsp3) is 0.259. The number of hydrogen-bond acceptors (Lipinski definition) is 2. The van der Waals surface area contributed by atoms with E-state index in [1.54, 1.807) is 4.90 Å². The van der Waals surface area contributed by atoms with E-state index in [9.17, 15) is 9.59 Å². The van der Waals surface area contributed by atoms with Crippen molar-refractivity contribution < 1.29 is 9.59 Å². The molecule has 1 aliphatic heterocycles. The summed E-state index contributed by atoms with van der Waals surface area (Å²) >= 11 is 0. The van der Waals surface area contributed by atoms with Gasteiger partial charge in [-0.3, -0.25) is 4.90 Å². The maximum atomic E-state index is 13.4. The van der Waals surface area contributed by atoms with E-state index >= 15 is 0 Å². The van der Waals surface area contributed by atoms with Gasteiger partial charge >= 0.3 is 12.1 Å². The molecule has 1 fully saturated rings. The van der Waals surface area contributed by atoms with Crippen LogP contribution in [0.3, 0.4) is 0 Å². The van der Waals surface area contributed by atoms with Gasteiger partial charge in [0, 0.05) is 26.2 Å². The molecule has 6 heteroatoms. The highest BCUT2D eigenvalue weighted by Crippen LogP contribution is 2.30. The molecule has 0 aromatic heterocycles. The maximum absolute atomic E-state index is 13.4. The molecule has 3 aromatic rings. The molecule has 170 valence electrons. The SMILES string of the molecule is Cc1ccc(CN2CCCN(c3ccc(C)cc3NC(=O)NCc3ccccc3)C2=O)cc1. The summed E-state index contributed by atoms with van der Waals surface area (Å²) in [7, 11) is 0. The summed E-state index contributed by atoms with van der Waals surface area (Å²) in [5, 5.41) is 5.84. The number of urea groups is 2. The Balaban J connectivity index is 1.47. The second kappa shape index (κ2) is 10.2. The van der Waals surface area contributed by atoms with Crippen molar-refractivity contribution >= 4 is 23.4 Å². The van der Waals surface area contributed by atoms with Crippen molar-refractivity contribution in [3.63, 3.8) is 0 Å². The molecule has 4 rings (SSSR count). The molecular formula is C27H30N4O2. The second-order valence-electron chi connectivity index (χ2n) is 8.51. The van der Waals surface area contributed by atoms with Crippen molar-refractivity contribution in [1.82, 2.24) is 10.2 Å². The molecule has 33 heavy (non-hydrogen) atoms. The minimum Gasteiger partial charge on any atom is -0.334 e. The molecular weight excluding hydrogens is 412 g/mol. The maximum Gasteiger partial charge on any atom is 0.324 e. The quantitative estimate of drug-likeness (QED) is 0.533. The van der Waals surface area contributed by atoms with Crippen LogP contribution in [0.2, 0.25) is 0 Å². The van der Waals surface area contributed by atoms with Crippen LogP contribution in [-0.2, 0) is 13.1 Å². The number of anilines is 2. The molecule has 0 spiro atoms. The smallest absolute Gasteiger partial charge is 0.324 e. The lowest BCUT2D eigenvalue weighted by molar-refractivity contribution is 0.192. The van der Waals surface area contributed by atoms with E-state index in [-0.39, 0.29) is 12.1 Å². The highest BCUT2D eigenvalue weighted by molar-refractivity contribution is 6.00. The van der Waals surface area contributed by atoms with Crippen molar-refractivity contribution in [2.45, 2.75) is 33.4 Å². The Labute approximate surface area is 195 Å². The molecule has 0 unspecified atom stereocenters. The summed E-state index contributed by atoms with van der Waals surface area (Å²) in [5.74, 6) is 0. The van der Waals surface area contributed by atoms with Crippen LogP contribution in [0.4, 0.5) is 21.0 Å². The van der Waals surface area contributed by atoms with Gasteiger partial charge in [-0.25, -0.2) is 9.59 Å². The minimum absolute atomic E-state index is 0.0431. The molecule has 1 aliphatic rings. The molecule has 2 N–H and O–H groups in total. The topological polar surface area (TPSA) is 64.7 Å². The molecule has 6 nitrogen and oxygen atoms in total. The first-order valence-corrected chi connectivity index (χ1v) is 11.3. The average Bonchev–Trinajstić information content (AvgIpc) is 2.82. The molecule has 0 saturated carbocycles. The zero-order valence-corrected chi connectivity index (χ0v) is 19.2. The van der Waals surface area contributed by atoms with E-state index in [1.807, 2.05) is 60.4 Å². The Bertz CT molecular complexity index is 1110. The number of aryl methyl sites for hydroxylation is 2. The summed E-state index contributed by atoms with van der Waals surface area (Å²) in [4.78, 5) is 29.6. The fourth-order valence-corrected chi connectivity index (χ4v) is 4.00. The predicted octanol–water partition coefficient (Wildman–Crippen LogP) is 5.46. The zero-order valence-electron chi connectivity index (χ0n) is 19.2. The van der Waals surface area contributed by atoms with Gasteiger partial charge in [0.25, 0.3) is 0 Å². The molecule has 0 bridgehead atoms. The van der Waals surface area contributed by atoms with Crippen LogP contribution in [-0.4, -0.2) is 30.1 Å². The van der Waals surface area contributed by atoms with Crippen LogP contribution in [0, 0.1) is 13.8 Å². The van der Waals surface area contributed by atoms with E-state index < -0.39 is 0 Å². The van der Waals surface area contributed by atoms with Crippen molar-refractivity contribution in [3.05, 3.63) is 95.1 Å². The Morgan fingerprint density at radius 2 is 1.61 bits per heavy atom. The fourth-order valence-electron chi connectivity index (χ4n) is 4.00. The van der Waals surface area contributed by atoms with E-state index in [4.69, 9.17) is 0 Å². The molecule has 1 saturated heterocycles. The summed E-state index contributed by atoms with van der Waals surface area (Å²) < 4.78 is 0. The van der Waals surface area contributed by atoms with E-state index in [1.165, 1.54) is 5.56 Å². The van der Waals surface area contributed by atoms with Crippen molar-refractivity contribution in [1.29, 1.82) is 0 Å². The van der Waals surface area contributed by atoms with Crippen LogP contribution in [0.5, 0.6) is 0 Å². The molecule has 3 aromatic carbocycles. The highest BCUT2D eigenvalue weighted by Gasteiger charge is 2.28. The van der Waals surface area contributed by atoms with Gasteiger partial charge in [-0.15, -0.1) is 0 Å². The van der Waals surface area contributed by atoms with Crippen molar-refractivity contribution in [2.75, 3.05) is 23.3 Å². The molecule has 4 amide bonds. The van der Waals surface area contributed by atoms with Gasteiger partial charge in [0.15, 0.2) is 0 Å². The standard InChI is InChI=1S/C27H30N4O2/c1-20-9-12-23(13-10-20)19-30-15-6-16-31(27(30)33)25-14-11-21(2)17-24(25)29-26(32)28-18-22-7-4-3-5-8-22/h3-5,7-14,17H,6,15-16,18-19H2,1-2H3,(H2,28,29,32). The number of carbonyl (C=O) groups is 2. The van der Waals surface area contributed by atoms with Crippen LogP contribution in [0.25, 0.3) is 0 Å². The third-order valence-electron chi connectivity index (χ3n) is 5.79. The van der Waals surface area contributed by atoms with Gasteiger partial charge in [-0.05, 0) is 49.1 Å². The predicted molar refractivity (Wildman–Crippen MR) is 132 cm³/mol. The number of amides is 4. The van der Waals surface area contributed by atoms with Gasteiger partial charge in [0.1, 0.15) is 0 Å². The van der Waals surface area contributed by atoms with Crippen LogP contribution >= 0.6 is 0 Å². The first kappa shape index (κ1) is 22.4. The Morgan fingerprint density at radius 1 is 0.879 bits per heavy atom. The summed E-state index contributed by atoms with van der Waals surface area (Å²) in [5.41, 5.74) is 5.69. The normalized spacial score (nSPS) is 13.7. The summed E-state index contributed by atoms with van der Waals surface area (Å²) in [6.07, 6.45) is 0.866. The third-order valence-corrected chi connectivity index (χ3v) is 5.79. The molecule has 0 radical (unpaired) electrons. The van der Waals surface area contributed by atoms with Gasteiger partial charge in [-0.2, -0.15) is 0 Å². The average molecular weight is 443 g/mol. The monoisotopic (exact) mass is 442 g/mol. The Kier molecular flexibility index (Phi) is 6.93. The van der Waals surface area contributed by atoms with Crippen LogP contribution < -0.4 is 15.5 Å². The molecule has 0 aliphatic carbocycles. The molecule has 1 heterocycles. The van der Waals surface area contributed by atoms with Gasteiger partial charge < -0.3 is 15.5 Å². The van der Waals surface area contributed by atoms with Gasteiger partial charge in [0.05, 0.1) is 11.4 Å². The van der Waals surface area contributed by atoms with Crippen molar-refractivity contribution in [3.8, 4) is 0 Å². The summed E-state index contributed by atoms with van der Waals surface area (Å²) in [6, 6.07) is 23.5.